The highest BCUT2D eigenvalue weighted by Gasteiger charge is 2.22. The van der Waals surface area contributed by atoms with Crippen LogP contribution in [-0.2, 0) is 0 Å². The van der Waals surface area contributed by atoms with Gasteiger partial charge >= 0.3 is 0 Å². The topological polar surface area (TPSA) is 33.2 Å². The summed E-state index contributed by atoms with van der Waals surface area (Å²) in [5.74, 6) is 0.0290. The fraction of sp³-hybridized carbons (Fsp3) is 0.500. The quantitative estimate of drug-likeness (QED) is 0.691. The lowest BCUT2D eigenvalue weighted by Gasteiger charge is -2.19. The molecule has 0 spiro atoms. The largest absolute Gasteiger partial charge is 0.299 e. The molecule has 0 aromatic carbocycles. The summed E-state index contributed by atoms with van der Waals surface area (Å²) in [6.45, 7) is 2.70. The fourth-order valence-corrected chi connectivity index (χ4v) is 2.14. The van der Waals surface area contributed by atoms with Gasteiger partial charge in [0.25, 0.3) is 0 Å². The molecule has 2 rings (SSSR count). The van der Waals surface area contributed by atoms with E-state index in [1.54, 1.807) is 6.92 Å². The van der Waals surface area contributed by atoms with Crippen molar-refractivity contribution < 1.29 is 4.79 Å². The van der Waals surface area contributed by atoms with Gasteiger partial charge in [-0.1, -0.05) is 6.07 Å². The van der Waals surface area contributed by atoms with Crippen LogP contribution in [-0.4, -0.2) is 29.3 Å². The molecular formula is C12H16N2O. The minimum atomic E-state index is 0.0290. The Morgan fingerprint density at radius 1 is 1.53 bits per heavy atom. The number of aromatic nitrogens is 1. The van der Waals surface area contributed by atoms with Crippen LogP contribution in [0.2, 0.25) is 0 Å². The first-order valence-corrected chi connectivity index (χ1v) is 5.35. The first-order valence-electron chi connectivity index (χ1n) is 5.35. The van der Waals surface area contributed by atoms with Gasteiger partial charge in [0.05, 0.1) is 0 Å². The number of carbonyl (C=O) groups is 1. The van der Waals surface area contributed by atoms with Crippen molar-refractivity contribution in [1.29, 1.82) is 0 Å². The van der Waals surface area contributed by atoms with E-state index in [9.17, 15) is 4.79 Å². The van der Waals surface area contributed by atoms with E-state index in [1.165, 1.54) is 18.4 Å². The SMILES string of the molecule is CC(=O)c1ccc(C2CCCN2C)cn1. The Hall–Kier alpha value is -1.22. The van der Waals surface area contributed by atoms with Crippen LogP contribution in [0.3, 0.4) is 0 Å². The van der Waals surface area contributed by atoms with Crippen LogP contribution in [0.5, 0.6) is 0 Å². The lowest BCUT2D eigenvalue weighted by Crippen LogP contribution is -2.17. The summed E-state index contributed by atoms with van der Waals surface area (Å²) >= 11 is 0. The number of nitrogens with zero attached hydrogens (tertiary/aromatic N) is 2. The van der Waals surface area contributed by atoms with Gasteiger partial charge in [0.2, 0.25) is 0 Å². The number of carbonyl (C=O) groups excluding carboxylic acids is 1. The van der Waals surface area contributed by atoms with E-state index < -0.39 is 0 Å². The lowest BCUT2D eigenvalue weighted by molar-refractivity contribution is 0.101. The molecule has 0 saturated carbocycles. The molecule has 0 N–H and O–H groups in total. The predicted molar refractivity (Wildman–Crippen MR) is 58.8 cm³/mol. The van der Waals surface area contributed by atoms with Gasteiger partial charge in [-0.25, -0.2) is 0 Å². The van der Waals surface area contributed by atoms with Crippen LogP contribution in [0.15, 0.2) is 18.3 Å². The molecule has 80 valence electrons. The maximum absolute atomic E-state index is 11.1. The zero-order valence-corrected chi connectivity index (χ0v) is 9.23. The van der Waals surface area contributed by atoms with Crippen molar-refractivity contribution in [2.24, 2.45) is 0 Å². The van der Waals surface area contributed by atoms with Gasteiger partial charge in [0, 0.05) is 19.2 Å². The third kappa shape index (κ3) is 2.07. The molecule has 1 atom stereocenters. The Kier molecular flexibility index (Phi) is 2.82. The average Bonchev–Trinajstić information content (AvgIpc) is 2.65. The van der Waals surface area contributed by atoms with Gasteiger partial charge in [0.15, 0.2) is 5.78 Å². The standard InChI is InChI=1S/C12H16N2O/c1-9(15)11-6-5-10(8-13-11)12-4-3-7-14(12)2/h5-6,8,12H,3-4,7H2,1-2H3. The molecule has 2 heterocycles. The number of likely N-dealkylation sites (tertiary alicyclic amines) is 1. The molecule has 1 saturated heterocycles. The molecule has 0 bridgehead atoms. The van der Waals surface area contributed by atoms with Crippen LogP contribution in [0.25, 0.3) is 0 Å². The van der Waals surface area contributed by atoms with Crippen molar-refractivity contribution in [3.63, 3.8) is 0 Å². The third-order valence-corrected chi connectivity index (χ3v) is 3.05. The van der Waals surface area contributed by atoms with Crippen molar-refractivity contribution in [2.75, 3.05) is 13.6 Å². The first kappa shape index (κ1) is 10.3. The van der Waals surface area contributed by atoms with Crippen molar-refractivity contribution in [2.45, 2.75) is 25.8 Å². The molecule has 3 nitrogen and oxygen atoms in total. The molecule has 1 aromatic rings. The zero-order valence-electron chi connectivity index (χ0n) is 9.23. The molecule has 1 aliphatic heterocycles. The van der Waals surface area contributed by atoms with Gasteiger partial charge in [0.1, 0.15) is 5.69 Å². The molecule has 3 heteroatoms. The predicted octanol–water partition coefficient (Wildman–Crippen LogP) is 2.05. The minimum absolute atomic E-state index is 0.0290. The highest BCUT2D eigenvalue weighted by atomic mass is 16.1. The molecule has 1 aromatic heterocycles. The minimum Gasteiger partial charge on any atom is -0.299 e. The van der Waals surface area contributed by atoms with Crippen LogP contribution >= 0.6 is 0 Å². The Balaban J connectivity index is 2.19. The highest BCUT2D eigenvalue weighted by Crippen LogP contribution is 2.29. The molecule has 1 aliphatic rings. The summed E-state index contributed by atoms with van der Waals surface area (Å²) < 4.78 is 0. The van der Waals surface area contributed by atoms with Crippen LogP contribution in [0, 0.1) is 0 Å². The molecule has 1 fully saturated rings. The van der Waals surface area contributed by atoms with Gasteiger partial charge < -0.3 is 0 Å². The molecule has 0 amide bonds. The smallest absolute Gasteiger partial charge is 0.178 e. The van der Waals surface area contributed by atoms with Crippen LogP contribution in [0.4, 0.5) is 0 Å². The fourth-order valence-electron chi connectivity index (χ4n) is 2.14. The Labute approximate surface area is 90.1 Å². The maximum atomic E-state index is 11.1. The van der Waals surface area contributed by atoms with Crippen molar-refractivity contribution >= 4 is 5.78 Å². The van der Waals surface area contributed by atoms with Crippen LogP contribution < -0.4 is 0 Å². The number of rotatable bonds is 2. The molecule has 15 heavy (non-hydrogen) atoms. The van der Waals surface area contributed by atoms with Crippen molar-refractivity contribution in [1.82, 2.24) is 9.88 Å². The first-order chi connectivity index (χ1) is 7.18. The number of hydrogen-bond acceptors (Lipinski definition) is 3. The second-order valence-corrected chi connectivity index (χ2v) is 4.17. The Bertz CT molecular complexity index is 358. The monoisotopic (exact) mass is 204 g/mol. The van der Waals surface area contributed by atoms with Crippen molar-refractivity contribution in [3.8, 4) is 0 Å². The second kappa shape index (κ2) is 4.11. The number of pyridine rings is 1. The second-order valence-electron chi connectivity index (χ2n) is 4.17. The molecular weight excluding hydrogens is 188 g/mol. The number of Topliss-reactive ketones (excluding diaryl/α,β-unsaturated/α-hetero) is 1. The summed E-state index contributed by atoms with van der Waals surface area (Å²) in [7, 11) is 2.14. The van der Waals surface area contributed by atoms with Gasteiger partial charge in [-0.2, -0.15) is 0 Å². The Morgan fingerprint density at radius 3 is 2.80 bits per heavy atom. The summed E-state index contributed by atoms with van der Waals surface area (Å²) in [5, 5.41) is 0. The molecule has 0 radical (unpaired) electrons. The van der Waals surface area contributed by atoms with Gasteiger partial charge in [-0.05, 0) is 38.1 Å². The summed E-state index contributed by atoms with van der Waals surface area (Å²) in [4.78, 5) is 17.6. The Morgan fingerprint density at radius 2 is 2.33 bits per heavy atom. The summed E-state index contributed by atoms with van der Waals surface area (Å²) in [6, 6.07) is 4.33. The van der Waals surface area contributed by atoms with E-state index in [0.717, 1.165) is 6.54 Å². The number of ketones is 1. The van der Waals surface area contributed by atoms with E-state index >= 15 is 0 Å². The highest BCUT2D eigenvalue weighted by molar-refractivity contribution is 5.91. The van der Waals surface area contributed by atoms with E-state index in [-0.39, 0.29) is 5.78 Å². The van der Waals surface area contributed by atoms with E-state index in [1.807, 2.05) is 18.3 Å². The van der Waals surface area contributed by atoms with E-state index in [2.05, 4.69) is 16.9 Å². The third-order valence-electron chi connectivity index (χ3n) is 3.05. The maximum Gasteiger partial charge on any atom is 0.178 e. The lowest BCUT2D eigenvalue weighted by atomic mass is 10.1. The van der Waals surface area contributed by atoms with Crippen LogP contribution in [0.1, 0.15) is 41.9 Å². The van der Waals surface area contributed by atoms with Crippen molar-refractivity contribution in [3.05, 3.63) is 29.6 Å². The number of hydrogen-bond donors (Lipinski definition) is 0. The molecule has 0 aliphatic carbocycles. The van der Waals surface area contributed by atoms with E-state index in [4.69, 9.17) is 0 Å². The zero-order chi connectivity index (χ0) is 10.8. The van der Waals surface area contributed by atoms with E-state index in [0.29, 0.717) is 11.7 Å². The normalized spacial score (nSPS) is 21.9. The van der Waals surface area contributed by atoms with Gasteiger partial charge in [-0.15, -0.1) is 0 Å². The van der Waals surface area contributed by atoms with Gasteiger partial charge in [-0.3, -0.25) is 14.7 Å². The molecule has 1 unspecified atom stereocenters. The summed E-state index contributed by atoms with van der Waals surface area (Å²) in [6.07, 6.45) is 4.27. The summed E-state index contributed by atoms with van der Waals surface area (Å²) in [5.41, 5.74) is 1.78. The average molecular weight is 204 g/mol.